The molecule has 1 heterocycles. The van der Waals surface area contributed by atoms with Crippen molar-refractivity contribution in [3.05, 3.63) is 16.4 Å². The molecule has 3 nitrogen and oxygen atoms in total. The van der Waals surface area contributed by atoms with Crippen molar-refractivity contribution in [2.24, 2.45) is 13.0 Å². The average Bonchev–Trinajstić information content (AvgIpc) is 2.72. The van der Waals surface area contributed by atoms with Crippen LogP contribution in [0.3, 0.4) is 0 Å². The highest BCUT2D eigenvalue weighted by atomic mass is 35.5. The minimum absolute atomic E-state index is 0.654. The van der Waals surface area contributed by atoms with Crippen molar-refractivity contribution in [3.63, 3.8) is 0 Å². The number of nitrogens with zero attached hydrogens (tertiary/aromatic N) is 2. The van der Waals surface area contributed by atoms with Gasteiger partial charge in [-0.2, -0.15) is 5.10 Å². The van der Waals surface area contributed by atoms with Gasteiger partial charge < -0.3 is 5.32 Å². The molecule has 1 saturated carbocycles. The fraction of sp³-hybridized carbons (Fsp3) is 0.750. The number of hydrogen-bond donors (Lipinski definition) is 1. The standard InChI is InChI=1S/C12H20ClN3/c1-8-4-5-10(6-8)14-7-11-12(13)9(2)15-16(11)3/h8,10,14H,4-7H2,1-3H3. The van der Waals surface area contributed by atoms with E-state index in [2.05, 4.69) is 17.3 Å². The average molecular weight is 242 g/mol. The second-order valence-electron chi connectivity index (χ2n) is 4.97. The summed E-state index contributed by atoms with van der Waals surface area (Å²) in [4.78, 5) is 0. The lowest BCUT2D eigenvalue weighted by Gasteiger charge is -2.12. The van der Waals surface area contributed by atoms with Crippen LogP contribution in [-0.4, -0.2) is 15.8 Å². The second kappa shape index (κ2) is 4.76. The number of aryl methyl sites for hydroxylation is 2. The molecule has 1 N–H and O–H groups in total. The van der Waals surface area contributed by atoms with Crippen molar-refractivity contribution in [2.75, 3.05) is 0 Å². The molecule has 16 heavy (non-hydrogen) atoms. The van der Waals surface area contributed by atoms with Gasteiger partial charge in [0.2, 0.25) is 0 Å². The van der Waals surface area contributed by atoms with E-state index < -0.39 is 0 Å². The molecule has 0 amide bonds. The van der Waals surface area contributed by atoms with E-state index >= 15 is 0 Å². The van der Waals surface area contributed by atoms with Crippen molar-refractivity contribution in [1.29, 1.82) is 0 Å². The quantitative estimate of drug-likeness (QED) is 0.882. The molecule has 1 aliphatic rings. The summed E-state index contributed by atoms with van der Waals surface area (Å²) in [5, 5.41) is 8.70. The summed E-state index contributed by atoms with van der Waals surface area (Å²) in [6.07, 6.45) is 3.92. The normalized spacial score (nSPS) is 25.2. The first-order valence-electron chi connectivity index (χ1n) is 5.99. The van der Waals surface area contributed by atoms with Gasteiger partial charge in [-0.1, -0.05) is 18.5 Å². The maximum atomic E-state index is 6.20. The largest absolute Gasteiger partial charge is 0.308 e. The number of nitrogens with one attached hydrogen (secondary N) is 1. The molecule has 0 radical (unpaired) electrons. The van der Waals surface area contributed by atoms with Crippen LogP contribution in [0.2, 0.25) is 5.02 Å². The molecule has 0 saturated heterocycles. The highest BCUT2D eigenvalue weighted by molar-refractivity contribution is 6.31. The lowest BCUT2D eigenvalue weighted by atomic mass is 10.1. The van der Waals surface area contributed by atoms with E-state index in [1.54, 1.807) is 0 Å². The monoisotopic (exact) mass is 241 g/mol. The maximum absolute atomic E-state index is 6.20. The fourth-order valence-corrected chi connectivity index (χ4v) is 2.73. The van der Waals surface area contributed by atoms with Crippen LogP contribution >= 0.6 is 11.6 Å². The van der Waals surface area contributed by atoms with Crippen LogP contribution < -0.4 is 5.32 Å². The van der Waals surface area contributed by atoms with Gasteiger partial charge in [-0.15, -0.1) is 0 Å². The van der Waals surface area contributed by atoms with Crippen LogP contribution in [0.4, 0.5) is 0 Å². The molecule has 1 aromatic heterocycles. The molecule has 0 spiro atoms. The van der Waals surface area contributed by atoms with Gasteiger partial charge in [-0.3, -0.25) is 4.68 Å². The van der Waals surface area contributed by atoms with Crippen LogP contribution in [0.25, 0.3) is 0 Å². The Morgan fingerprint density at radius 1 is 1.50 bits per heavy atom. The number of hydrogen-bond acceptors (Lipinski definition) is 2. The zero-order valence-corrected chi connectivity index (χ0v) is 11.0. The Kier molecular flexibility index (Phi) is 3.55. The third-order valence-corrected chi connectivity index (χ3v) is 4.01. The molecule has 4 heteroatoms. The Morgan fingerprint density at radius 3 is 2.75 bits per heavy atom. The first-order chi connectivity index (χ1) is 7.58. The summed E-state index contributed by atoms with van der Waals surface area (Å²) in [6, 6.07) is 0.654. The minimum Gasteiger partial charge on any atom is -0.308 e. The van der Waals surface area contributed by atoms with E-state index in [1.807, 2.05) is 18.7 Å². The number of aromatic nitrogens is 2. The molecule has 0 bridgehead atoms. The predicted octanol–water partition coefficient (Wildman–Crippen LogP) is 2.66. The Balaban J connectivity index is 1.94. The van der Waals surface area contributed by atoms with E-state index in [1.165, 1.54) is 19.3 Å². The van der Waals surface area contributed by atoms with Gasteiger partial charge in [0.15, 0.2) is 0 Å². The molecule has 2 unspecified atom stereocenters. The summed E-state index contributed by atoms with van der Waals surface area (Å²) in [7, 11) is 1.95. The number of rotatable bonds is 3. The predicted molar refractivity (Wildman–Crippen MR) is 66.6 cm³/mol. The maximum Gasteiger partial charge on any atom is 0.0860 e. The first kappa shape index (κ1) is 11.9. The summed E-state index contributed by atoms with van der Waals surface area (Å²) >= 11 is 6.20. The molecule has 0 aromatic carbocycles. The molecular weight excluding hydrogens is 222 g/mol. The highest BCUT2D eigenvalue weighted by Gasteiger charge is 2.21. The van der Waals surface area contributed by atoms with Crippen molar-refractivity contribution in [1.82, 2.24) is 15.1 Å². The summed E-state index contributed by atoms with van der Waals surface area (Å²) in [5.74, 6) is 0.862. The van der Waals surface area contributed by atoms with E-state index in [0.29, 0.717) is 6.04 Å². The third kappa shape index (κ3) is 2.41. The van der Waals surface area contributed by atoms with Crippen LogP contribution in [-0.2, 0) is 13.6 Å². The fourth-order valence-electron chi connectivity index (χ4n) is 2.51. The van der Waals surface area contributed by atoms with Crippen LogP contribution in [0.5, 0.6) is 0 Å². The van der Waals surface area contributed by atoms with E-state index in [-0.39, 0.29) is 0 Å². The molecule has 1 fully saturated rings. The molecule has 2 rings (SSSR count). The molecule has 2 atom stereocenters. The molecule has 90 valence electrons. The summed E-state index contributed by atoms with van der Waals surface area (Å²) in [5.41, 5.74) is 2.01. The van der Waals surface area contributed by atoms with Gasteiger partial charge in [0, 0.05) is 19.6 Å². The molecular formula is C12H20ClN3. The van der Waals surface area contributed by atoms with E-state index in [9.17, 15) is 0 Å². The highest BCUT2D eigenvalue weighted by Crippen LogP contribution is 2.25. The van der Waals surface area contributed by atoms with Crippen molar-refractivity contribution >= 4 is 11.6 Å². The SMILES string of the molecule is Cc1nn(C)c(CNC2CCC(C)C2)c1Cl. The Bertz CT molecular complexity index is 373. The van der Waals surface area contributed by atoms with Gasteiger partial charge >= 0.3 is 0 Å². The van der Waals surface area contributed by atoms with E-state index in [4.69, 9.17) is 11.6 Å². The van der Waals surface area contributed by atoms with Gasteiger partial charge in [0.1, 0.15) is 0 Å². The Morgan fingerprint density at radius 2 is 2.25 bits per heavy atom. The smallest absolute Gasteiger partial charge is 0.0860 e. The minimum atomic E-state index is 0.654. The van der Waals surface area contributed by atoms with Gasteiger partial charge in [-0.05, 0) is 32.1 Å². The third-order valence-electron chi connectivity index (χ3n) is 3.51. The lowest BCUT2D eigenvalue weighted by Crippen LogP contribution is -2.26. The van der Waals surface area contributed by atoms with Crippen LogP contribution in [0.1, 0.15) is 37.6 Å². The number of halogens is 1. The van der Waals surface area contributed by atoms with E-state index in [0.717, 1.165) is 28.9 Å². The Hall–Kier alpha value is -0.540. The van der Waals surface area contributed by atoms with Gasteiger partial charge in [-0.25, -0.2) is 0 Å². The van der Waals surface area contributed by atoms with Gasteiger partial charge in [0.05, 0.1) is 16.4 Å². The van der Waals surface area contributed by atoms with Crippen molar-refractivity contribution in [2.45, 2.75) is 45.7 Å². The first-order valence-corrected chi connectivity index (χ1v) is 6.37. The van der Waals surface area contributed by atoms with Crippen LogP contribution in [0.15, 0.2) is 0 Å². The molecule has 1 aliphatic carbocycles. The Labute approximate surface area is 102 Å². The van der Waals surface area contributed by atoms with Crippen LogP contribution in [0, 0.1) is 12.8 Å². The van der Waals surface area contributed by atoms with Gasteiger partial charge in [0.25, 0.3) is 0 Å². The summed E-state index contributed by atoms with van der Waals surface area (Å²) in [6.45, 7) is 5.10. The van der Waals surface area contributed by atoms with Crippen molar-refractivity contribution in [3.8, 4) is 0 Å². The second-order valence-corrected chi connectivity index (χ2v) is 5.34. The summed E-state index contributed by atoms with van der Waals surface area (Å²) < 4.78 is 1.88. The lowest BCUT2D eigenvalue weighted by molar-refractivity contribution is 0.490. The zero-order valence-electron chi connectivity index (χ0n) is 10.3. The van der Waals surface area contributed by atoms with Crippen molar-refractivity contribution < 1.29 is 0 Å². The zero-order chi connectivity index (χ0) is 11.7. The molecule has 1 aromatic rings. The molecule has 0 aliphatic heterocycles. The topological polar surface area (TPSA) is 29.9 Å².